The van der Waals surface area contributed by atoms with Crippen molar-refractivity contribution < 1.29 is 8.42 Å². The van der Waals surface area contributed by atoms with Crippen LogP contribution in [0.25, 0.3) is 0 Å². The minimum atomic E-state index is -2.85. The number of hydrogen-bond donors (Lipinski definition) is 0. The molecule has 0 N–H and O–H groups in total. The highest BCUT2D eigenvalue weighted by Crippen LogP contribution is 1.74. The molecule has 0 bridgehead atoms. The molecule has 0 radical (unpaired) electrons. The maximum atomic E-state index is 9.90. The Balaban J connectivity index is 3.85. The van der Waals surface area contributed by atoms with E-state index in [1.54, 1.807) is 0 Å². The van der Waals surface area contributed by atoms with Gasteiger partial charge >= 0.3 is 0 Å². The maximum Gasteiger partial charge on any atom is 0.125 e. The summed E-state index contributed by atoms with van der Waals surface area (Å²) in [6, 6.07) is 0. The van der Waals surface area contributed by atoms with Crippen molar-refractivity contribution in [3.8, 4) is 0 Å². The van der Waals surface area contributed by atoms with E-state index in [4.69, 9.17) is 0 Å². The fraction of sp³-hybridized carbons (Fsp3) is 1.00. The zero-order valence-electron chi connectivity index (χ0n) is 3.34. The molecule has 0 unspecified atom stereocenters. The van der Waals surface area contributed by atoms with E-state index in [-0.39, 0.29) is 5.08 Å². The summed E-state index contributed by atoms with van der Waals surface area (Å²) in [5.74, 6) is 0. The summed E-state index contributed by atoms with van der Waals surface area (Å²) < 4.78 is 19.8. The Labute approximate surface area is 42.9 Å². The first-order chi connectivity index (χ1) is 2.56. The van der Waals surface area contributed by atoms with Crippen LogP contribution in [-0.4, -0.2) is 19.8 Å². The highest BCUT2D eigenvalue weighted by molar-refractivity contribution is 7.98. The van der Waals surface area contributed by atoms with Crippen LogP contribution in [0.1, 0.15) is 0 Å². The monoisotopic (exact) mass is 125 g/mol. The van der Waals surface area contributed by atoms with E-state index in [9.17, 15) is 8.42 Å². The molecule has 0 aromatic heterocycles. The number of rotatable bonds is 1. The van der Waals surface area contributed by atoms with Crippen molar-refractivity contribution in [2.24, 2.45) is 0 Å². The molecule has 0 spiro atoms. The molecule has 0 aliphatic carbocycles. The molecule has 38 valence electrons. The van der Waals surface area contributed by atoms with Crippen molar-refractivity contribution in [1.82, 2.24) is 0 Å². The van der Waals surface area contributed by atoms with Gasteiger partial charge in [-0.25, -0.2) is 8.42 Å². The van der Waals surface area contributed by atoms with Gasteiger partial charge in [-0.15, -0.1) is 0 Å². The van der Waals surface area contributed by atoms with E-state index in [0.717, 1.165) is 6.26 Å². The van der Waals surface area contributed by atoms with Crippen molar-refractivity contribution in [3.05, 3.63) is 0 Å². The number of sulfone groups is 1. The smallest absolute Gasteiger partial charge is 0.125 e. The Morgan fingerprint density at radius 1 is 1.67 bits per heavy atom. The van der Waals surface area contributed by atoms with E-state index < -0.39 is 9.84 Å². The van der Waals surface area contributed by atoms with Gasteiger partial charge in [0.25, 0.3) is 0 Å². The van der Waals surface area contributed by atoms with E-state index in [1.165, 1.54) is 0 Å². The maximum absolute atomic E-state index is 9.90. The van der Waals surface area contributed by atoms with Crippen molar-refractivity contribution in [2.45, 2.75) is 0 Å². The summed E-state index contributed by atoms with van der Waals surface area (Å²) >= 11 is 4.20. The normalized spacial score (nSPS) is 11.7. The van der Waals surface area contributed by atoms with Crippen LogP contribution < -0.4 is 0 Å². The van der Waals surface area contributed by atoms with E-state index in [1.807, 2.05) is 0 Å². The fourth-order valence-corrected chi connectivity index (χ4v) is 0. The van der Waals surface area contributed by atoms with Gasteiger partial charge in [0.15, 0.2) is 0 Å². The SMILES string of the molecule is CS(=O)(=O)C[S-]. The quantitative estimate of drug-likeness (QED) is 0.444. The molecule has 0 fully saturated rings. The molecule has 0 atom stereocenters. The molecule has 0 aromatic carbocycles. The molecule has 0 aromatic rings. The Morgan fingerprint density at radius 2 is 1.83 bits per heavy atom. The van der Waals surface area contributed by atoms with Gasteiger partial charge in [-0.2, -0.15) is 0 Å². The van der Waals surface area contributed by atoms with Gasteiger partial charge in [0.2, 0.25) is 0 Å². The second-order valence-electron chi connectivity index (χ2n) is 1.04. The zero-order chi connectivity index (χ0) is 5.21. The van der Waals surface area contributed by atoms with Crippen molar-refractivity contribution in [2.75, 3.05) is 11.3 Å². The van der Waals surface area contributed by atoms with Gasteiger partial charge in [0, 0.05) is 6.26 Å². The second kappa shape index (κ2) is 1.84. The first-order valence-electron chi connectivity index (χ1n) is 1.32. The standard InChI is InChI=1S/C2H6O2S2/c1-6(3,4)2-5/h5H,2H2,1H3/p-1. The average Bonchev–Trinajstić information content (AvgIpc) is 1.35. The third-order valence-corrected chi connectivity index (χ3v) is 1.93. The molecule has 0 saturated heterocycles. The fourth-order valence-electron chi connectivity index (χ4n) is 0. The van der Waals surface area contributed by atoms with Crippen molar-refractivity contribution >= 4 is 22.5 Å². The first kappa shape index (κ1) is 6.30. The molecular weight excluding hydrogens is 120 g/mol. The van der Waals surface area contributed by atoms with Crippen LogP contribution >= 0.6 is 0 Å². The van der Waals surface area contributed by atoms with Crippen LogP contribution in [0.3, 0.4) is 0 Å². The van der Waals surface area contributed by atoms with Gasteiger partial charge < -0.3 is 12.6 Å². The predicted octanol–water partition coefficient (Wildman–Crippen LogP) is -0.465. The lowest BCUT2D eigenvalue weighted by atomic mass is 11.9. The lowest BCUT2D eigenvalue weighted by Crippen LogP contribution is -1.97. The lowest BCUT2D eigenvalue weighted by Gasteiger charge is -1.94. The van der Waals surface area contributed by atoms with Crippen LogP contribution in [0.15, 0.2) is 0 Å². The molecule has 0 saturated carbocycles. The minimum Gasteiger partial charge on any atom is -0.777 e. The highest BCUT2D eigenvalue weighted by atomic mass is 32.2. The van der Waals surface area contributed by atoms with Gasteiger partial charge in [-0.05, 0) is 0 Å². The summed E-state index contributed by atoms with van der Waals surface area (Å²) in [5, 5.41) is -0.174. The molecule has 6 heavy (non-hydrogen) atoms. The van der Waals surface area contributed by atoms with Gasteiger partial charge in [-0.1, -0.05) is 5.08 Å². The van der Waals surface area contributed by atoms with E-state index in [2.05, 4.69) is 12.6 Å². The molecule has 4 heteroatoms. The largest absolute Gasteiger partial charge is 0.777 e. The minimum absolute atomic E-state index is 0.174. The molecule has 0 heterocycles. The van der Waals surface area contributed by atoms with Gasteiger partial charge in [0.1, 0.15) is 9.84 Å². The molecular formula is C2H5O2S2-. The van der Waals surface area contributed by atoms with Crippen LogP contribution in [0.5, 0.6) is 0 Å². The van der Waals surface area contributed by atoms with Crippen LogP contribution in [0.4, 0.5) is 0 Å². The Hall–Kier alpha value is 0.300. The van der Waals surface area contributed by atoms with Crippen LogP contribution in [-0.2, 0) is 22.5 Å². The average molecular weight is 125 g/mol. The van der Waals surface area contributed by atoms with Crippen molar-refractivity contribution in [3.63, 3.8) is 0 Å². The second-order valence-corrected chi connectivity index (χ2v) is 3.84. The molecule has 0 aliphatic rings. The highest BCUT2D eigenvalue weighted by Gasteiger charge is 1.83. The lowest BCUT2D eigenvalue weighted by molar-refractivity contribution is 0.606. The summed E-state index contributed by atoms with van der Waals surface area (Å²) in [7, 11) is -2.85. The summed E-state index contributed by atoms with van der Waals surface area (Å²) in [6.07, 6.45) is 1.11. The molecule has 0 amide bonds. The van der Waals surface area contributed by atoms with Gasteiger partial charge in [0.05, 0.1) is 0 Å². The number of hydrogen-bond acceptors (Lipinski definition) is 3. The Morgan fingerprint density at radius 3 is 1.83 bits per heavy atom. The molecule has 0 rings (SSSR count). The van der Waals surface area contributed by atoms with E-state index in [0.29, 0.717) is 0 Å². The predicted molar refractivity (Wildman–Crippen MR) is 27.1 cm³/mol. The summed E-state index contributed by atoms with van der Waals surface area (Å²) in [5.41, 5.74) is 0. The van der Waals surface area contributed by atoms with Crippen LogP contribution in [0.2, 0.25) is 0 Å². The van der Waals surface area contributed by atoms with Crippen LogP contribution in [0, 0.1) is 0 Å². The Bertz CT molecular complexity index is 112. The third kappa shape index (κ3) is 4.30. The molecule has 0 aliphatic heterocycles. The van der Waals surface area contributed by atoms with Crippen molar-refractivity contribution in [1.29, 1.82) is 0 Å². The topological polar surface area (TPSA) is 34.1 Å². The summed E-state index contributed by atoms with van der Waals surface area (Å²) in [6.45, 7) is 0. The Kier molecular flexibility index (Phi) is 1.93. The van der Waals surface area contributed by atoms with E-state index >= 15 is 0 Å². The third-order valence-electron chi connectivity index (χ3n) is 0.214. The van der Waals surface area contributed by atoms with Gasteiger partial charge in [-0.3, -0.25) is 0 Å². The summed E-state index contributed by atoms with van der Waals surface area (Å²) in [4.78, 5) is 0. The first-order valence-corrected chi connectivity index (χ1v) is 3.96. The zero-order valence-corrected chi connectivity index (χ0v) is 4.97. The molecule has 2 nitrogen and oxygen atoms in total.